The van der Waals surface area contributed by atoms with E-state index >= 15 is 0 Å². The lowest BCUT2D eigenvalue weighted by molar-refractivity contribution is -0.140. The standard InChI is InChI=1S/C27H31FN2O4/c1-4-29(5-2)13-6-14-30-24(18-7-10-21(28)11-8-18)23(26(32)27(30)33)25(31)19-9-12-22-20(16-19)15-17(3)34-22/h7-12,16-17,24,31H,4-6,13-15H2,1-3H3/b25-23+/t17-,24-/m0/s1. The van der Waals surface area contributed by atoms with Gasteiger partial charge in [-0.1, -0.05) is 26.0 Å². The summed E-state index contributed by atoms with van der Waals surface area (Å²) < 4.78 is 19.4. The van der Waals surface area contributed by atoms with Crippen molar-refractivity contribution in [2.24, 2.45) is 0 Å². The molecular formula is C27H31FN2O4. The SMILES string of the molecule is CCN(CC)CCCN1C(=O)C(=O)/C(=C(/O)c2ccc3c(c2)C[C@H](C)O3)[C@@H]1c1ccc(F)cc1. The Labute approximate surface area is 199 Å². The van der Waals surface area contributed by atoms with E-state index in [1.54, 1.807) is 24.3 Å². The predicted octanol–water partition coefficient (Wildman–Crippen LogP) is 4.30. The summed E-state index contributed by atoms with van der Waals surface area (Å²) in [7, 11) is 0. The lowest BCUT2D eigenvalue weighted by atomic mass is 9.94. The van der Waals surface area contributed by atoms with E-state index in [-0.39, 0.29) is 17.4 Å². The van der Waals surface area contributed by atoms with Crippen LogP contribution < -0.4 is 4.74 Å². The number of carbonyl (C=O) groups excluding carboxylic acids is 2. The lowest BCUT2D eigenvalue weighted by Crippen LogP contribution is -2.33. The molecular weight excluding hydrogens is 435 g/mol. The third-order valence-corrected chi connectivity index (χ3v) is 6.66. The first-order valence-electron chi connectivity index (χ1n) is 11.9. The van der Waals surface area contributed by atoms with E-state index in [0.717, 1.165) is 30.9 Å². The number of amides is 1. The molecule has 0 saturated carbocycles. The molecule has 6 nitrogen and oxygen atoms in total. The number of ether oxygens (including phenoxy) is 1. The van der Waals surface area contributed by atoms with Crippen LogP contribution in [0.5, 0.6) is 5.75 Å². The molecule has 1 saturated heterocycles. The van der Waals surface area contributed by atoms with Crippen molar-refractivity contribution in [1.82, 2.24) is 9.80 Å². The highest BCUT2D eigenvalue weighted by Crippen LogP contribution is 2.40. The third kappa shape index (κ3) is 4.57. The number of fused-ring (bicyclic) bond motifs is 1. The molecule has 2 atom stereocenters. The normalized spacial score (nSPS) is 21.3. The van der Waals surface area contributed by atoms with E-state index in [9.17, 15) is 19.1 Å². The van der Waals surface area contributed by atoms with Gasteiger partial charge in [0.25, 0.3) is 11.7 Å². The predicted molar refractivity (Wildman–Crippen MR) is 128 cm³/mol. The summed E-state index contributed by atoms with van der Waals surface area (Å²) in [6, 6.07) is 10.2. The van der Waals surface area contributed by atoms with E-state index in [0.29, 0.717) is 30.5 Å². The minimum absolute atomic E-state index is 0.0337. The number of halogens is 1. The van der Waals surface area contributed by atoms with Gasteiger partial charge in [0.05, 0.1) is 11.6 Å². The Morgan fingerprint density at radius 2 is 1.85 bits per heavy atom. The quantitative estimate of drug-likeness (QED) is 0.357. The molecule has 0 bridgehead atoms. The van der Waals surface area contributed by atoms with Crippen LogP contribution in [0, 0.1) is 5.82 Å². The molecule has 1 fully saturated rings. The zero-order chi connectivity index (χ0) is 24.4. The Balaban J connectivity index is 1.72. The van der Waals surface area contributed by atoms with Crippen LogP contribution in [-0.4, -0.2) is 58.9 Å². The van der Waals surface area contributed by atoms with Crippen LogP contribution in [-0.2, 0) is 16.0 Å². The van der Waals surface area contributed by atoms with E-state index in [4.69, 9.17) is 4.74 Å². The average Bonchev–Trinajstić information content (AvgIpc) is 3.32. The van der Waals surface area contributed by atoms with E-state index in [1.165, 1.54) is 17.0 Å². The number of rotatable bonds is 8. The monoisotopic (exact) mass is 466 g/mol. The molecule has 34 heavy (non-hydrogen) atoms. The van der Waals surface area contributed by atoms with Gasteiger partial charge < -0.3 is 19.6 Å². The Bertz CT molecular complexity index is 1110. The molecule has 1 N–H and O–H groups in total. The maximum atomic E-state index is 13.6. The molecule has 0 aromatic heterocycles. The Morgan fingerprint density at radius 1 is 1.15 bits per heavy atom. The number of nitrogens with zero attached hydrogens (tertiary/aromatic N) is 2. The molecule has 180 valence electrons. The van der Waals surface area contributed by atoms with Gasteiger partial charge in [0.15, 0.2) is 0 Å². The van der Waals surface area contributed by atoms with Gasteiger partial charge in [0.1, 0.15) is 23.4 Å². The molecule has 2 heterocycles. The highest BCUT2D eigenvalue weighted by molar-refractivity contribution is 6.46. The first-order valence-corrected chi connectivity index (χ1v) is 11.9. The Kier molecular flexibility index (Phi) is 7.03. The average molecular weight is 467 g/mol. The fourth-order valence-electron chi connectivity index (χ4n) is 4.83. The van der Waals surface area contributed by atoms with Gasteiger partial charge >= 0.3 is 0 Å². The fraction of sp³-hybridized carbons (Fsp3) is 0.407. The van der Waals surface area contributed by atoms with Gasteiger partial charge in [0, 0.05) is 18.5 Å². The third-order valence-electron chi connectivity index (χ3n) is 6.66. The second kappa shape index (κ2) is 9.97. The van der Waals surface area contributed by atoms with Gasteiger partial charge in [-0.05, 0) is 74.4 Å². The summed E-state index contributed by atoms with van der Waals surface area (Å²) in [5, 5.41) is 11.3. The number of likely N-dealkylation sites (tertiary alicyclic amines) is 1. The molecule has 7 heteroatoms. The molecule has 2 aromatic rings. The number of Topliss-reactive ketones (excluding diaryl/α,β-unsaturated/α-hetero) is 1. The van der Waals surface area contributed by atoms with Crippen molar-refractivity contribution in [2.45, 2.75) is 45.8 Å². The maximum absolute atomic E-state index is 13.6. The topological polar surface area (TPSA) is 70.1 Å². The number of carbonyl (C=O) groups is 2. The minimum atomic E-state index is -0.777. The highest BCUT2D eigenvalue weighted by atomic mass is 19.1. The Morgan fingerprint density at radius 3 is 2.53 bits per heavy atom. The van der Waals surface area contributed by atoms with Crippen molar-refractivity contribution in [2.75, 3.05) is 26.2 Å². The molecule has 1 amide bonds. The van der Waals surface area contributed by atoms with Crippen LogP contribution >= 0.6 is 0 Å². The van der Waals surface area contributed by atoms with E-state index < -0.39 is 23.5 Å². The summed E-state index contributed by atoms with van der Waals surface area (Å²) >= 11 is 0. The summed E-state index contributed by atoms with van der Waals surface area (Å²) in [6.45, 7) is 9.07. The highest BCUT2D eigenvalue weighted by Gasteiger charge is 2.45. The maximum Gasteiger partial charge on any atom is 0.295 e. The molecule has 0 aliphatic carbocycles. The van der Waals surface area contributed by atoms with E-state index in [1.807, 2.05) is 13.0 Å². The minimum Gasteiger partial charge on any atom is -0.507 e. The van der Waals surface area contributed by atoms with Crippen molar-refractivity contribution in [3.8, 4) is 5.75 Å². The van der Waals surface area contributed by atoms with Crippen LogP contribution in [0.3, 0.4) is 0 Å². The summed E-state index contributed by atoms with van der Waals surface area (Å²) in [5.74, 6) is -1.24. The summed E-state index contributed by atoms with van der Waals surface area (Å²) in [6.07, 6.45) is 1.43. The van der Waals surface area contributed by atoms with Gasteiger partial charge in [0.2, 0.25) is 0 Å². The number of ketones is 1. The molecule has 0 radical (unpaired) electrons. The number of hydrogen-bond acceptors (Lipinski definition) is 5. The van der Waals surface area contributed by atoms with Crippen LogP contribution in [0.2, 0.25) is 0 Å². The van der Waals surface area contributed by atoms with Crippen LogP contribution in [0.4, 0.5) is 4.39 Å². The fourth-order valence-corrected chi connectivity index (χ4v) is 4.83. The molecule has 2 aliphatic rings. The van der Waals surface area contributed by atoms with Crippen molar-refractivity contribution in [1.29, 1.82) is 0 Å². The first kappa shape index (κ1) is 24.0. The smallest absolute Gasteiger partial charge is 0.295 e. The lowest BCUT2D eigenvalue weighted by Gasteiger charge is -2.26. The van der Waals surface area contributed by atoms with Gasteiger partial charge in [-0.25, -0.2) is 4.39 Å². The van der Waals surface area contributed by atoms with Crippen molar-refractivity contribution < 1.29 is 23.8 Å². The molecule has 2 aliphatic heterocycles. The molecule has 0 spiro atoms. The number of hydrogen-bond donors (Lipinski definition) is 1. The van der Waals surface area contributed by atoms with E-state index in [2.05, 4.69) is 18.7 Å². The van der Waals surface area contributed by atoms with Crippen LogP contribution in [0.1, 0.15) is 49.9 Å². The van der Waals surface area contributed by atoms with Crippen LogP contribution in [0.15, 0.2) is 48.0 Å². The molecule has 0 unspecified atom stereocenters. The van der Waals surface area contributed by atoms with Gasteiger partial charge in [-0.2, -0.15) is 0 Å². The summed E-state index contributed by atoms with van der Waals surface area (Å²) in [4.78, 5) is 30.0. The zero-order valence-corrected chi connectivity index (χ0v) is 19.9. The molecule has 2 aromatic carbocycles. The van der Waals surface area contributed by atoms with Crippen molar-refractivity contribution >= 4 is 17.4 Å². The van der Waals surface area contributed by atoms with Crippen molar-refractivity contribution in [3.05, 3.63) is 70.5 Å². The second-order valence-corrected chi connectivity index (χ2v) is 8.88. The van der Waals surface area contributed by atoms with Gasteiger partial charge in [-0.15, -0.1) is 0 Å². The number of aliphatic hydroxyl groups is 1. The number of benzene rings is 2. The summed E-state index contributed by atoms with van der Waals surface area (Å²) in [5.41, 5.74) is 2.03. The Hall–Kier alpha value is -3.19. The number of aliphatic hydroxyl groups excluding tert-OH is 1. The zero-order valence-electron chi connectivity index (χ0n) is 19.9. The largest absolute Gasteiger partial charge is 0.507 e. The van der Waals surface area contributed by atoms with Gasteiger partial charge in [-0.3, -0.25) is 9.59 Å². The molecule has 4 rings (SSSR count). The van der Waals surface area contributed by atoms with Crippen molar-refractivity contribution in [3.63, 3.8) is 0 Å². The second-order valence-electron chi connectivity index (χ2n) is 8.88. The first-order chi connectivity index (χ1) is 16.3. The van der Waals surface area contributed by atoms with Crippen LogP contribution in [0.25, 0.3) is 5.76 Å².